The predicted octanol–water partition coefficient (Wildman–Crippen LogP) is 2.28. The number of quaternary nitrogens is 1. The maximum atomic E-state index is 11.7. The number of hydrogen-bond donors (Lipinski definition) is 2. The first-order valence-electron chi connectivity index (χ1n) is 10.4. The first-order valence-corrected chi connectivity index (χ1v) is 11.8. The second-order valence-corrected chi connectivity index (χ2v) is 10.1. The molecule has 0 spiro atoms. The molecular formula is C21H37N2O5S+. The van der Waals surface area contributed by atoms with Gasteiger partial charge in [0.2, 0.25) is 0 Å². The Bertz CT molecular complexity index is 710. The SMILES string of the molecule is COS(=O)(=O)O.C[N+]1(C)CCN(CC(O)(c2ccccc2)C2CCCCC2)CC1. The zero-order valence-corrected chi connectivity index (χ0v) is 18.8. The second-order valence-electron chi connectivity index (χ2n) is 8.88. The van der Waals surface area contributed by atoms with Gasteiger partial charge in [-0.05, 0) is 24.3 Å². The van der Waals surface area contributed by atoms with E-state index in [1.165, 1.54) is 45.2 Å². The molecule has 2 N–H and O–H groups in total. The summed E-state index contributed by atoms with van der Waals surface area (Å²) in [6.07, 6.45) is 6.20. The van der Waals surface area contributed by atoms with E-state index in [-0.39, 0.29) is 0 Å². The number of aliphatic hydroxyl groups is 1. The number of hydrogen-bond acceptors (Lipinski definition) is 5. The monoisotopic (exact) mass is 429 g/mol. The molecule has 1 saturated heterocycles. The summed E-state index contributed by atoms with van der Waals surface area (Å²) in [6, 6.07) is 10.4. The topological polar surface area (TPSA) is 87.1 Å². The van der Waals surface area contributed by atoms with Crippen molar-refractivity contribution in [1.29, 1.82) is 0 Å². The lowest BCUT2D eigenvalue weighted by atomic mass is 9.73. The summed E-state index contributed by atoms with van der Waals surface area (Å²) in [5.74, 6) is 0.406. The fourth-order valence-corrected chi connectivity index (χ4v) is 4.31. The molecule has 166 valence electrons. The van der Waals surface area contributed by atoms with Gasteiger partial charge in [-0.3, -0.25) is 13.6 Å². The van der Waals surface area contributed by atoms with E-state index in [0.717, 1.165) is 36.8 Å². The quantitative estimate of drug-likeness (QED) is 0.552. The average molecular weight is 430 g/mol. The van der Waals surface area contributed by atoms with E-state index in [4.69, 9.17) is 4.55 Å². The molecule has 0 amide bonds. The summed E-state index contributed by atoms with van der Waals surface area (Å²) >= 11 is 0. The molecule has 29 heavy (non-hydrogen) atoms. The highest BCUT2D eigenvalue weighted by Crippen LogP contribution is 2.40. The van der Waals surface area contributed by atoms with Crippen molar-refractivity contribution in [1.82, 2.24) is 4.90 Å². The maximum Gasteiger partial charge on any atom is 0.397 e. The molecule has 1 saturated carbocycles. The van der Waals surface area contributed by atoms with Crippen molar-refractivity contribution in [2.75, 3.05) is 53.9 Å². The average Bonchev–Trinajstić information content (AvgIpc) is 2.71. The molecule has 1 aromatic carbocycles. The molecule has 1 atom stereocenters. The van der Waals surface area contributed by atoms with Crippen LogP contribution in [0.3, 0.4) is 0 Å². The van der Waals surface area contributed by atoms with Gasteiger partial charge in [-0.25, -0.2) is 0 Å². The molecule has 1 heterocycles. The lowest BCUT2D eigenvalue weighted by Crippen LogP contribution is -2.58. The summed E-state index contributed by atoms with van der Waals surface area (Å²) in [5, 5.41) is 11.7. The molecule has 0 aromatic heterocycles. The highest BCUT2D eigenvalue weighted by molar-refractivity contribution is 7.80. The van der Waals surface area contributed by atoms with Gasteiger partial charge in [-0.1, -0.05) is 49.6 Å². The van der Waals surface area contributed by atoms with Gasteiger partial charge in [-0.15, -0.1) is 0 Å². The molecule has 1 aliphatic carbocycles. The second kappa shape index (κ2) is 10.3. The van der Waals surface area contributed by atoms with Crippen molar-refractivity contribution in [2.24, 2.45) is 5.92 Å². The minimum Gasteiger partial charge on any atom is -0.384 e. The normalized spacial score (nSPS) is 22.9. The first kappa shape index (κ1) is 24.2. The van der Waals surface area contributed by atoms with E-state index < -0.39 is 16.0 Å². The van der Waals surface area contributed by atoms with Crippen molar-refractivity contribution in [3.8, 4) is 0 Å². The maximum absolute atomic E-state index is 11.7. The van der Waals surface area contributed by atoms with Gasteiger partial charge in [0.1, 0.15) is 5.60 Å². The Morgan fingerprint density at radius 3 is 2.10 bits per heavy atom. The third kappa shape index (κ3) is 7.62. The Morgan fingerprint density at radius 1 is 1.10 bits per heavy atom. The van der Waals surface area contributed by atoms with Crippen molar-refractivity contribution >= 4 is 10.4 Å². The molecule has 0 radical (unpaired) electrons. The molecule has 1 aromatic rings. The zero-order chi connectivity index (χ0) is 21.5. The Kier molecular flexibility index (Phi) is 8.63. The van der Waals surface area contributed by atoms with Gasteiger partial charge in [0.15, 0.2) is 0 Å². The van der Waals surface area contributed by atoms with Crippen LogP contribution < -0.4 is 0 Å². The van der Waals surface area contributed by atoms with Crippen LogP contribution in [-0.4, -0.2) is 81.4 Å². The van der Waals surface area contributed by atoms with Crippen LogP contribution >= 0.6 is 0 Å². The molecule has 2 aliphatic rings. The van der Waals surface area contributed by atoms with Gasteiger partial charge in [0, 0.05) is 19.6 Å². The fourth-order valence-electron chi connectivity index (χ4n) is 4.31. The van der Waals surface area contributed by atoms with E-state index in [1.807, 2.05) is 6.07 Å². The van der Waals surface area contributed by atoms with Crippen LogP contribution in [0.1, 0.15) is 37.7 Å². The van der Waals surface area contributed by atoms with E-state index in [2.05, 4.69) is 47.4 Å². The largest absolute Gasteiger partial charge is 0.397 e. The van der Waals surface area contributed by atoms with Crippen LogP contribution in [0.25, 0.3) is 0 Å². The number of benzene rings is 1. The van der Waals surface area contributed by atoms with Gasteiger partial charge < -0.3 is 9.59 Å². The smallest absolute Gasteiger partial charge is 0.384 e. The molecule has 2 fully saturated rings. The van der Waals surface area contributed by atoms with Gasteiger partial charge in [0.25, 0.3) is 0 Å². The molecular weight excluding hydrogens is 392 g/mol. The van der Waals surface area contributed by atoms with Crippen molar-refractivity contribution < 1.29 is 26.7 Å². The summed E-state index contributed by atoms with van der Waals surface area (Å²) in [7, 11) is 1.32. The van der Waals surface area contributed by atoms with Crippen LogP contribution in [-0.2, 0) is 20.2 Å². The lowest BCUT2D eigenvalue weighted by molar-refractivity contribution is -0.894. The number of β-amino-alcohol motifs (C(OH)–C–C–N with tert-alkyl or cyclic N) is 1. The predicted molar refractivity (Wildman–Crippen MR) is 114 cm³/mol. The summed E-state index contributed by atoms with van der Waals surface area (Å²) in [6.45, 7) is 5.33. The van der Waals surface area contributed by atoms with E-state index in [9.17, 15) is 13.5 Å². The van der Waals surface area contributed by atoms with Crippen LogP contribution in [0.5, 0.6) is 0 Å². The van der Waals surface area contributed by atoms with Crippen LogP contribution in [0.4, 0.5) is 0 Å². The summed E-state index contributed by atoms with van der Waals surface area (Å²) in [5.41, 5.74) is 0.433. The van der Waals surface area contributed by atoms with Crippen molar-refractivity contribution in [3.63, 3.8) is 0 Å². The number of nitrogens with zero attached hydrogens (tertiary/aromatic N) is 2. The standard InChI is InChI=1S/C20H33N2O.CH4O4S/c1-22(2)15-13-21(14-16-22)17-20(23,18-9-5-3-6-10-18)19-11-7-4-8-12-19;1-5-6(2,3)4/h3,5-6,9-10,19,23H,4,7-8,11-17H2,1-2H3;1H3,(H,2,3,4)/q+1;. The first-order chi connectivity index (χ1) is 13.6. The van der Waals surface area contributed by atoms with Crippen LogP contribution in [0.2, 0.25) is 0 Å². The van der Waals surface area contributed by atoms with Gasteiger partial charge in [0.05, 0.1) is 34.3 Å². The highest BCUT2D eigenvalue weighted by Gasteiger charge is 2.41. The minimum absolute atomic E-state index is 0.406. The molecule has 3 rings (SSSR count). The summed E-state index contributed by atoms with van der Waals surface area (Å²) in [4.78, 5) is 2.49. The van der Waals surface area contributed by atoms with Gasteiger partial charge >= 0.3 is 10.4 Å². The fraction of sp³-hybridized carbons (Fsp3) is 0.714. The Morgan fingerprint density at radius 2 is 1.62 bits per heavy atom. The lowest BCUT2D eigenvalue weighted by Gasteiger charge is -2.45. The van der Waals surface area contributed by atoms with Crippen molar-refractivity contribution in [2.45, 2.75) is 37.7 Å². The number of rotatable bonds is 5. The van der Waals surface area contributed by atoms with Crippen molar-refractivity contribution in [3.05, 3.63) is 35.9 Å². The summed E-state index contributed by atoms with van der Waals surface area (Å²) < 4.78 is 30.8. The number of likely N-dealkylation sites (N-methyl/N-ethyl adjacent to an activating group) is 1. The zero-order valence-electron chi connectivity index (χ0n) is 18.0. The third-order valence-electron chi connectivity index (χ3n) is 6.27. The molecule has 1 unspecified atom stereocenters. The minimum atomic E-state index is -4.16. The number of piperazine rings is 1. The Hall–Kier alpha value is -1.03. The van der Waals surface area contributed by atoms with Gasteiger partial charge in [-0.2, -0.15) is 8.42 Å². The van der Waals surface area contributed by atoms with Crippen LogP contribution in [0.15, 0.2) is 30.3 Å². The molecule has 1 aliphatic heterocycles. The third-order valence-corrected chi connectivity index (χ3v) is 6.69. The van der Waals surface area contributed by atoms with E-state index in [0.29, 0.717) is 5.92 Å². The Balaban J connectivity index is 0.000000438. The van der Waals surface area contributed by atoms with E-state index in [1.54, 1.807) is 0 Å². The molecule has 0 bridgehead atoms. The molecule has 8 heteroatoms. The Labute approximate surface area is 175 Å². The highest BCUT2D eigenvalue weighted by atomic mass is 32.3. The van der Waals surface area contributed by atoms with E-state index >= 15 is 0 Å². The van der Waals surface area contributed by atoms with Crippen LogP contribution in [0, 0.1) is 5.92 Å². The molecule has 7 nitrogen and oxygen atoms in total.